The lowest BCUT2D eigenvalue weighted by molar-refractivity contribution is 0.321. The molecule has 3 heteroatoms. The van der Waals surface area contributed by atoms with Gasteiger partial charge in [-0.2, -0.15) is 0 Å². The van der Waals surface area contributed by atoms with Crippen molar-refractivity contribution < 1.29 is 11.0 Å². The summed E-state index contributed by atoms with van der Waals surface area (Å²) >= 11 is 0. The van der Waals surface area contributed by atoms with Crippen molar-refractivity contribution in [2.45, 2.75) is 20.8 Å². The molecule has 0 aromatic carbocycles. The number of nitrogens with zero attached hydrogens (tertiary/aromatic N) is 1. The van der Waals surface area contributed by atoms with Gasteiger partial charge in [0.25, 0.3) is 0 Å². The van der Waals surface area contributed by atoms with Crippen molar-refractivity contribution >= 4 is 0 Å². The van der Waals surface area contributed by atoms with Gasteiger partial charge < -0.3 is 15.9 Å². The Morgan fingerprint density at radius 1 is 0.778 bits per heavy atom. The molecule has 60 valence electrons. The lowest BCUT2D eigenvalue weighted by Crippen LogP contribution is -2.21. The first kappa shape index (κ1) is 15.9. The zero-order valence-electron chi connectivity index (χ0n) is 6.57. The van der Waals surface area contributed by atoms with Crippen LogP contribution in [0.5, 0.6) is 0 Å². The van der Waals surface area contributed by atoms with Crippen LogP contribution in [0.1, 0.15) is 20.8 Å². The van der Waals surface area contributed by atoms with Gasteiger partial charge in [-0.15, -0.1) is 0 Å². The molecule has 0 aromatic rings. The Morgan fingerprint density at radius 3 is 1.00 bits per heavy atom. The van der Waals surface area contributed by atoms with E-state index in [0.29, 0.717) is 0 Å². The van der Waals surface area contributed by atoms with Crippen molar-refractivity contribution in [2.24, 2.45) is 0 Å². The Morgan fingerprint density at radius 2 is 1.00 bits per heavy atom. The Hall–Kier alpha value is -0.120. The molecule has 0 heterocycles. The van der Waals surface area contributed by atoms with Crippen molar-refractivity contribution in [2.75, 3.05) is 19.6 Å². The second-order valence-electron chi connectivity index (χ2n) is 1.62. The molecular weight excluding hydrogens is 118 g/mol. The van der Waals surface area contributed by atoms with Gasteiger partial charge in [0.05, 0.1) is 0 Å². The summed E-state index contributed by atoms with van der Waals surface area (Å²) in [5.74, 6) is 0. The summed E-state index contributed by atoms with van der Waals surface area (Å²) < 4.78 is 0. The maximum Gasteiger partial charge on any atom is -0.00474 e. The summed E-state index contributed by atoms with van der Waals surface area (Å²) in [5.41, 5.74) is 0. The van der Waals surface area contributed by atoms with Gasteiger partial charge in [-0.05, 0) is 19.6 Å². The predicted octanol–water partition coefficient (Wildman–Crippen LogP) is -0.301. The van der Waals surface area contributed by atoms with E-state index in [2.05, 4.69) is 25.7 Å². The molecule has 0 bridgehead atoms. The van der Waals surface area contributed by atoms with Crippen LogP contribution in [0.3, 0.4) is 0 Å². The molecule has 0 saturated carbocycles. The first-order valence-electron chi connectivity index (χ1n) is 3.07. The zero-order chi connectivity index (χ0) is 5.70. The van der Waals surface area contributed by atoms with E-state index < -0.39 is 0 Å². The van der Waals surface area contributed by atoms with Gasteiger partial charge in [0.1, 0.15) is 0 Å². The zero-order valence-corrected chi connectivity index (χ0v) is 6.57. The molecule has 0 aromatic heterocycles. The molecule has 3 nitrogen and oxygen atoms in total. The molecule has 0 atom stereocenters. The number of rotatable bonds is 3. The van der Waals surface area contributed by atoms with Crippen LogP contribution in [0.2, 0.25) is 0 Å². The second-order valence-corrected chi connectivity index (χ2v) is 1.62. The van der Waals surface area contributed by atoms with E-state index in [4.69, 9.17) is 0 Å². The van der Waals surface area contributed by atoms with Crippen molar-refractivity contribution in [3.8, 4) is 0 Å². The van der Waals surface area contributed by atoms with Crippen LogP contribution in [0, 0.1) is 0 Å². The van der Waals surface area contributed by atoms with Gasteiger partial charge >= 0.3 is 0 Å². The predicted molar refractivity (Wildman–Crippen MR) is 40.7 cm³/mol. The summed E-state index contributed by atoms with van der Waals surface area (Å²) in [6, 6.07) is 0. The topological polar surface area (TPSA) is 66.2 Å². The van der Waals surface area contributed by atoms with Crippen molar-refractivity contribution in [1.29, 1.82) is 0 Å². The average molecular weight is 137 g/mol. The normalized spacial score (nSPS) is 8.00. The third kappa shape index (κ3) is 7.88. The van der Waals surface area contributed by atoms with E-state index in [-0.39, 0.29) is 11.0 Å². The molecule has 0 unspecified atom stereocenters. The monoisotopic (exact) mass is 137 g/mol. The van der Waals surface area contributed by atoms with E-state index in [0.717, 1.165) is 0 Å². The van der Waals surface area contributed by atoms with Crippen LogP contribution in [0.4, 0.5) is 0 Å². The van der Waals surface area contributed by atoms with E-state index in [1.165, 1.54) is 19.6 Å². The van der Waals surface area contributed by atoms with Gasteiger partial charge in [0.2, 0.25) is 0 Å². The second kappa shape index (κ2) is 10.8. The Kier molecular flexibility index (Phi) is 19.1. The minimum absolute atomic E-state index is 0. The van der Waals surface area contributed by atoms with Gasteiger partial charge in [0.15, 0.2) is 0 Å². The minimum Gasteiger partial charge on any atom is -0.412 e. The summed E-state index contributed by atoms with van der Waals surface area (Å²) in [6.45, 7) is 10.1. The maximum atomic E-state index is 2.38. The number of hydrogen-bond acceptors (Lipinski definition) is 1. The molecule has 0 fully saturated rings. The maximum absolute atomic E-state index is 2.38. The van der Waals surface area contributed by atoms with Crippen LogP contribution in [-0.2, 0) is 0 Å². The molecule has 4 N–H and O–H groups in total. The fraction of sp³-hybridized carbons (Fsp3) is 1.00. The highest BCUT2D eigenvalue weighted by Crippen LogP contribution is 1.81. The van der Waals surface area contributed by atoms with Gasteiger partial charge in [0, 0.05) is 0 Å². The van der Waals surface area contributed by atoms with Crippen molar-refractivity contribution in [3.63, 3.8) is 0 Å². The van der Waals surface area contributed by atoms with E-state index in [1.807, 2.05) is 0 Å². The molecule has 0 aliphatic carbocycles. The third-order valence-electron chi connectivity index (χ3n) is 1.34. The molecule has 0 saturated heterocycles. The lowest BCUT2D eigenvalue weighted by atomic mass is 10.5. The van der Waals surface area contributed by atoms with Gasteiger partial charge in [-0.3, -0.25) is 0 Å². The SMILES string of the molecule is CCN(CC)CC.O.O. The fourth-order valence-electron chi connectivity index (χ4n) is 0.671. The Balaban J connectivity index is -0.000000180. The molecule has 0 radical (unpaired) electrons. The highest BCUT2D eigenvalue weighted by atomic mass is 16.0. The summed E-state index contributed by atoms with van der Waals surface area (Å²) in [7, 11) is 0. The van der Waals surface area contributed by atoms with Crippen molar-refractivity contribution in [3.05, 3.63) is 0 Å². The van der Waals surface area contributed by atoms with Crippen LogP contribution >= 0.6 is 0 Å². The van der Waals surface area contributed by atoms with Crippen LogP contribution in [0.25, 0.3) is 0 Å². The van der Waals surface area contributed by atoms with Gasteiger partial charge in [-0.1, -0.05) is 20.8 Å². The van der Waals surface area contributed by atoms with E-state index in [1.54, 1.807) is 0 Å². The summed E-state index contributed by atoms with van der Waals surface area (Å²) in [4.78, 5) is 2.38. The molecule has 0 aliphatic rings. The highest BCUT2D eigenvalue weighted by molar-refractivity contribution is 4.43. The molecule has 0 rings (SSSR count). The molecule has 9 heavy (non-hydrogen) atoms. The number of hydrogen-bond donors (Lipinski definition) is 0. The smallest absolute Gasteiger partial charge is 0.00474 e. The Labute approximate surface area is 57.3 Å². The van der Waals surface area contributed by atoms with Crippen molar-refractivity contribution in [1.82, 2.24) is 4.90 Å². The quantitative estimate of drug-likeness (QED) is 0.526. The molecular formula is C6H19NO2. The first-order chi connectivity index (χ1) is 3.35. The lowest BCUT2D eigenvalue weighted by Gasteiger charge is -2.13. The average Bonchev–Trinajstić information content (AvgIpc) is 1.72. The van der Waals surface area contributed by atoms with Gasteiger partial charge in [-0.25, -0.2) is 0 Å². The van der Waals surface area contributed by atoms with E-state index in [9.17, 15) is 0 Å². The standard InChI is InChI=1S/C6H15N.2H2O/c1-4-7(5-2)6-3;;/h4-6H2,1-3H3;2*1H2. The van der Waals surface area contributed by atoms with E-state index >= 15 is 0 Å². The largest absolute Gasteiger partial charge is 0.412 e. The minimum atomic E-state index is 0. The molecule has 0 spiro atoms. The summed E-state index contributed by atoms with van der Waals surface area (Å²) in [5, 5.41) is 0. The molecule has 0 amide bonds. The first-order valence-corrected chi connectivity index (χ1v) is 3.07. The Bertz CT molecular complexity index is 32.5. The van der Waals surface area contributed by atoms with Crippen LogP contribution in [0.15, 0.2) is 0 Å². The fourth-order valence-corrected chi connectivity index (χ4v) is 0.671. The van der Waals surface area contributed by atoms with Crippen LogP contribution in [-0.4, -0.2) is 35.5 Å². The van der Waals surface area contributed by atoms with Crippen LogP contribution < -0.4 is 0 Å². The third-order valence-corrected chi connectivity index (χ3v) is 1.34. The molecule has 0 aliphatic heterocycles. The highest BCUT2D eigenvalue weighted by Gasteiger charge is 1.89. The summed E-state index contributed by atoms with van der Waals surface area (Å²) in [6.07, 6.45) is 0.